The van der Waals surface area contributed by atoms with Gasteiger partial charge in [0.25, 0.3) is 0 Å². The second-order valence-electron chi connectivity index (χ2n) is 5.23. The van der Waals surface area contributed by atoms with Crippen LogP contribution in [0.2, 0.25) is 0 Å². The van der Waals surface area contributed by atoms with Crippen molar-refractivity contribution in [3.05, 3.63) is 18.1 Å². The van der Waals surface area contributed by atoms with E-state index in [1.54, 1.807) is 0 Å². The topological polar surface area (TPSA) is 49.8 Å². The standard InChI is InChI=1S/C12H15F3N4/c13-12(14,15)10-5-18-11(6-17-10)19-9-3-7-1-2-8(9)16-4-7/h5-9,16H,1-4H2,(H,18,19)/t7?,8-,9?/m1/s1. The molecule has 3 atom stereocenters. The van der Waals surface area contributed by atoms with Crippen LogP contribution in [0, 0.1) is 5.92 Å². The molecular weight excluding hydrogens is 257 g/mol. The highest BCUT2D eigenvalue weighted by molar-refractivity contribution is 5.34. The average Bonchev–Trinajstić information content (AvgIpc) is 2.40. The number of rotatable bonds is 2. The lowest BCUT2D eigenvalue weighted by Gasteiger charge is -2.43. The molecule has 0 spiro atoms. The molecule has 19 heavy (non-hydrogen) atoms. The quantitative estimate of drug-likeness (QED) is 0.865. The van der Waals surface area contributed by atoms with Gasteiger partial charge in [0.1, 0.15) is 5.82 Å². The van der Waals surface area contributed by atoms with Crippen LogP contribution < -0.4 is 10.6 Å². The van der Waals surface area contributed by atoms with E-state index in [0.29, 0.717) is 17.8 Å². The van der Waals surface area contributed by atoms with E-state index in [9.17, 15) is 13.2 Å². The second kappa shape index (κ2) is 4.63. The maximum absolute atomic E-state index is 12.4. The van der Waals surface area contributed by atoms with Crippen LogP contribution in [0.4, 0.5) is 19.0 Å². The summed E-state index contributed by atoms with van der Waals surface area (Å²) in [5.74, 6) is 1.07. The maximum atomic E-state index is 12.4. The van der Waals surface area contributed by atoms with Crippen molar-refractivity contribution in [3.63, 3.8) is 0 Å². The van der Waals surface area contributed by atoms with E-state index >= 15 is 0 Å². The summed E-state index contributed by atoms with van der Waals surface area (Å²) in [5, 5.41) is 6.62. The molecule has 4 rings (SSSR count). The number of halogens is 3. The van der Waals surface area contributed by atoms with Gasteiger partial charge in [-0.3, -0.25) is 0 Å². The molecule has 2 unspecified atom stereocenters. The predicted octanol–water partition coefficient (Wildman–Crippen LogP) is 2.05. The first-order chi connectivity index (χ1) is 9.02. The molecule has 4 nitrogen and oxygen atoms in total. The first-order valence-electron chi connectivity index (χ1n) is 6.41. The highest BCUT2D eigenvalue weighted by Gasteiger charge is 2.36. The normalized spacial score (nSPS) is 30.4. The van der Waals surface area contributed by atoms with E-state index in [0.717, 1.165) is 31.8 Å². The van der Waals surface area contributed by atoms with Crippen molar-refractivity contribution >= 4 is 5.82 Å². The molecule has 2 saturated heterocycles. The van der Waals surface area contributed by atoms with Gasteiger partial charge in [0.05, 0.1) is 12.4 Å². The Kier molecular flexibility index (Phi) is 3.08. The molecule has 3 aliphatic rings. The van der Waals surface area contributed by atoms with Crippen molar-refractivity contribution in [2.45, 2.75) is 37.5 Å². The van der Waals surface area contributed by atoms with E-state index in [4.69, 9.17) is 0 Å². The van der Waals surface area contributed by atoms with Crippen LogP contribution >= 0.6 is 0 Å². The van der Waals surface area contributed by atoms with Crippen LogP contribution in [0.25, 0.3) is 0 Å². The van der Waals surface area contributed by atoms with Gasteiger partial charge in [0, 0.05) is 12.1 Å². The van der Waals surface area contributed by atoms with Gasteiger partial charge in [-0.05, 0) is 31.7 Å². The van der Waals surface area contributed by atoms with Crippen LogP contribution in [-0.2, 0) is 6.18 Å². The molecule has 1 aromatic heterocycles. The number of anilines is 1. The van der Waals surface area contributed by atoms with Gasteiger partial charge in [-0.25, -0.2) is 9.97 Å². The van der Waals surface area contributed by atoms with Gasteiger partial charge in [-0.15, -0.1) is 0 Å². The highest BCUT2D eigenvalue weighted by Crippen LogP contribution is 2.31. The predicted molar refractivity (Wildman–Crippen MR) is 63.6 cm³/mol. The zero-order chi connectivity index (χ0) is 13.5. The fourth-order valence-corrected chi connectivity index (χ4v) is 2.90. The third-order valence-electron chi connectivity index (χ3n) is 3.90. The van der Waals surface area contributed by atoms with Crippen LogP contribution in [0.1, 0.15) is 25.0 Å². The molecule has 1 aliphatic carbocycles. The Balaban J connectivity index is 1.67. The fourth-order valence-electron chi connectivity index (χ4n) is 2.90. The monoisotopic (exact) mass is 272 g/mol. The molecule has 2 bridgehead atoms. The van der Waals surface area contributed by atoms with Crippen LogP contribution in [0.15, 0.2) is 12.4 Å². The third kappa shape index (κ3) is 2.65. The summed E-state index contributed by atoms with van der Waals surface area (Å²) in [5.41, 5.74) is -0.957. The molecule has 2 aliphatic heterocycles. The van der Waals surface area contributed by atoms with Gasteiger partial charge < -0.3 is 10.6 Å². The molecule has 3 fully saturated rings. The van der Waals surface area contributed by atoms with Crippen LogP contribution in [-0.4, -0.2) is 28.6 Å². The Morgan fingerprint density at radius 3 is 2.53 bits per heavy atom. The zero-order valence-electron chi connectivity index (χ0n) is 10.2. The lowest BCUT2D eigenvalue weighted by molar-refractivity contribution is -0.141. The van der Waals surface area contributed by atoms with Gasteiger partial charge in [-0.1, -0.05) is 0 Å². The highest BCUT2D eigenvalue weighted by atomic mass is 19.4. The summed E-state index contributed by atoms with van der Waals surface area (Å²) in [6.45, 7) is 1.04. The molecule has 0 amide bonds. The number of nitrogens with one attached hydrogen (secondary N) is 2. The molecule has 1 saturated carbocycles. The Morgan fingerprint density at radius 2 is 2.05 bits per heavy atom. The number of fused-ring (bicyclic) bond motifs is 3. The Hall–Kier alpha value is -1.37. The van der Waals surface area contributed by atoms with Crippen LogP contribution in [0.3, 0.4) is 0 Å². The molecule has 0 radical (unpaired) electrons. The van der Waals surface area contributed by atoms with Crippen molar-refractivity contribution in [1.82, 2.24) is 15.3 Å². The SMILES string of the molecule is FC(F)(F)c1cnc(NC2CC3CC[C@H]2NC3)cn1. The van der Waals surface area contributed by atoms with E-state index in [1.807, 2.05) is 0 Å². The number of piperidine rings is 2. The number of nitrogens with zero attached hydrogens (tertiary/aromatic N) is 2. The average molecular weight is 272 g/mol. The number of hydrogen-bond donors (Lipinski definition) is 2. The Bertz CT molecular complexity index is 437. The minimum atomic E-state index is -4.43. The van der Waals surface area contributed by atoms with Crippen molar-refractivity contribution in [1.29, 1.82) is 0 Å². The summed E-state index contributed by atoms with van der Waals surface area (Å²) in [6, 6.07) is 0.618. The minimum absolute atomic E-state index is 0.235. The van der Waals surface area contributed by atoms with Gasteiger partial charge in [-0.2, -0.15) is 13.2 Å². The van der Waals surface area contributed by atoms with E-state index < -0.39 is 11.9 Å². The van der Waals surface area contributed by atoms with Crippen molar-refractivity contribution in [2.24, 2.45) is 5.92 Å². The van der Waals surface area contributed by atoms with E-state index in [2.05, 4.69) is 20.6 Å². The maximum Gasteiger partial charge on any atom is 0.434 e. The lowest BCUT2D eigenvalue weighted by Crippen LogP contribution is -2.55. The molecule has 1 aromatic rings. The first-order valence-corrected chi connectivity index (χ1v) is 6.41. The summed E-state index contributed by atoms with van der Waals surface area (Å²) >= 11 is 0. The van der Waals surface area contributed by atoms with E-state index in [-0.39, 0.29) is 6.04 Å². The van der Waals surface area contributed by atoms with Crippen molar-refractivity contribution in [2.75, 3.05) is 11.9 Å². The number of alkyl halides is 3. The first kappa shape index (κ1) is 12.7. The van der Waals surface area contributed by atoms with Gasteiger partial charge >= 0.3 is 6.18 Å². The molecular formula is C12H15F3N4. The molecule has 2 N–H and O–H groups in total. The van der Waals surface area contributed by atoms with Crippen molar-refractivity contribution < 1.29 is 13.2 Å². The summed E-state index contributed by atoms with van der Waals surface area (Å²) in [6.07, 6.45) is 0.879. The van der Waals surface area contributed by atoms with Crippen molar-refractivity contribution in [3.8, 4) is 0 Å². The zero-order valence-corrected chi connectivity index (χ0v) is 10.2. The summed E-state index contributed by atoms with van der Waals surface area (Å²) in [7, 11) is 0. The summed E-state index contributed by atoms with van der Waals surface area (Å²) < 4.78 is 37.1. The second-order valence-corrected chi connectivity index (χ2v) is 5.23. The lowest BCUT2D eigenvalue weighted by atomic mass is 9.78. The third-order valence-corrected chi connectivity index (χ3v) is 3.90. The number of hydrogen-bond acceptors (Lipinski definition) is 4. The molecule has 3 heterocycles. The molecule has 7 heteroatoms. The minimum Gasteiger partial charge on any atom is -0.364 e. The Morgan fingerprint density at radius 1 is 1.21 bits per heavy atom. The number of aromatic nitrogens is 2. The van der Waals surface area contributed by atoms with E-state index in [1.165, 1.54) is 6.42 Å². The van der Waals surface area contributed by atoms with Crippen LogP contribution in [0.5, 0.6) is 0 Å². The van der Waals surface area contributed by atoms with Gasteiger partial charge in [0.15, 0.2) is 5.69 Å². The Labute approximate surface area is 108 Å². The largest absolute Gasteiger partial charge is 0.434 e. The molecule has 0 aromatic carbocycles. The smallest absolute Gasteiger partial charge is 0.364 e. The summed E-state index contributed by atoms with van der Waals surface area (Å²) in [4.78, 5) is 7.21. The van der Waals surface area contributed by atoms with Gasteiger partial charge in [0.2, 0.25) is 0 Å². The molecule has 104 valence electrons. The fraction of sp³-hybridized carbons (Fsp3) is 0.667.